The van der Waals surface area contributed by atoms with Gasteiger partial charge in [-0.2, -0.15) is 0 Å². The van der Waals surface area contributed by atoms with E-state index in [1.54, 1.807) is 6.07 Å². The van der Waals surface area contributed by atoms with E-state index in [2.05, 4.69) is 20.6 Å². The van der Waals surface area contributed by atoms with E-state index in [0.717, 1.165) is 32.0 Å². The third kappa shape index (κ3) is 3.17. The molecular formula is C19H18F2N4. The van der Waals surface area contributed by atoms with Gasteiger partial charge in [0, 0.05) is 17.0 Å². The first-order valence-corrected chi connectivity index (χ1v) is 8.41. The zero-order valence-electron chi connectivity index (χ0n) is 13.6. The van der Waals surface area contributed by atoms with Gasteiger partial charge in [-0.25, -0.2) is 18.7 Å². The Hall–Kier alpha value is -2.60. The van der Waals surface area contributed by atoms with Crippen LogP contribution in [0.25, 0.3) is 22.2 Å². The summed E-state index contributed by atoms with van der Waals surface area (Å²) in [5.74, 6) is -1.32. The second kappa shape index (κ2) is 6.72. The zero-order valence-corrected chi connectivity index (χ0v) is 13.6. The number of nitrogens with zero attached hydrogens (tertiary/aromatic N) is 2. The van der Waals surface area contributed by atoms with Crippen molar-refractivity contribution >= 4 is 16.9 Å². The normalized spacial score (nSPS) is 15.4. The Labute approximate surface area is 144 Å². The molecule has 0 saturated carbocycles. The van der Waals surface area contributed by atoms with Crippen molar-refractivity contribution in [2.75, 3.05) is 18.4 Å². The molecule has 2 N–H and O–H groups in total. The van der Waals surface area contributed by atoms with E-state index in [4.69, 9.17) is 0 Å². The lowest BCUT2D eigenvalue weighted by atomic mass is 10.1. The Morgan fingerprint density at radius 3 is 2.60 bits per heavy atom. The monoisotopic (exact) mass is 340 g/mol. The first kappa shape index (κ1) is 15.9. The smallest absolute Gasteiger partial charge is 0.224 e. The molecule has 2 heterocycles. The lowest BCUT2D eigenvalue weighted by Crippen LogP contribution is -2.35. The van der Waals surface area contributed by atoms with Gasteiger partial charge in [-0.1, -0.05) is 24.3 Å². The van der Waals surface area contributed by atoms with Gasteiger partial charge in [-0.3, -0.25) is 0 Å². The number of rotatable bonds is 3. The largest absolute Gasteiger partial charge is 0.351 e. The highest BCUT2D eigenvalue weighted by Gasteiger charge is 2.18. The molecule has 0 atom stereocenters. The number of benzene rings is 2. The lowest BCUT2D eigenvalue weighted by Gasteiger charge is -2.24. The number of para-hydroxylation sites is 1. The predicted octanol–water partition coefficient (Wildman–Crippen LogP) is 3.74. The van der Waals surface area contributed by atoms with Crippen LogP contribution in [0, 0.1) is 11.6 Å². The summed E-state index contributed by atoms with van der Waals surface area (Å²) >= 11 is 0. The molecule has 1 aliphatic heterocycles. The molecule has 0 spiro atoms. The fourth-order valence-electron chi connectivity index (χ4n) is 3.18. The summed E-state index contributed by atoms with van der Waals surface area (Å²) < 4.78 is 28.0. The van der Waals surface area contributed by atoms with Gasteiger partial charge in [-0.15, -0.1) is 0 Å². The van der Waals surface area contributed by atoms with Gasteiger partial charge in [0.15, 0.2) is 11.6 Å². The fourth-order valence-corrected chi connectivity index (χ4v) is 3.18. The number of anilines is 1. The van der Waals surface area contributed by atoms with E-state index in [-0.39, 0.29) is 11.6 Å². The second-order valence-electron chi connectivity index (χ2n) is 6.18. The maximum absolute atomic E-state index is 14.3. The van der Waals surface area contributed by atoms with Crippen molar-refractivity contribution in [3.8, 4) is 11.3 Å². The molecular weight excluding hydrogens is 322 g/mol. The van der Waals surface area contributed by atoms with Crippen LogP contribution in [0.2, 0.25) is 0 Å². The van der Waals surface area contributed by atoms with Crippen LogP contribution in [0.4, 0.5) is 14.7 Å². The van der Waals surface area contributed by atoms with Crippen molar-refractivity contribution in [3.05, 3.63) is 54.1 Å². The molecule has 0 bridgehead atoms. The van der Waals surface area contributed by atoms with Gasteiger partial charge in [-0.05, 0) is 44.1 Å². The van der Waals surface area contributed by atoms with Crippen LogP contribution in [0.5, 0.6) is 0 Å². The molecule has 6 heteroatoms. The van der Waals surface area contributed by atoms with Crippen LogP contribution in [0.3, 0.4) is 0 Å². The molecule has 0 amide bonds. The average molecular weight is 340 g/mol. The van der Waals surface area contributed by atoms with Crippen LogP contribution in [-0.4, -0.2) is 29.1 Å². The van der Waals surface area contributed by atoms with Crippen molar-refractivity contribution in [1.82, 2.24) is 15.3 Å². The summed E-state index contributed by atoms with van der Waals surface area (Å²) in [5.41, 5.74) is 1.25. The lowest BCUT2D eigenvalue weighted by molar-refractivity contribution is 0.477. The van der Waals surface area contributed by atoms with E-state index in [1.807, 2.05) is 24.3 Å². The van der Waals surface area contributed by atoms with Crippen molar-refractivity contribution in [2.45, 2.75) is 18.9 Å². The first-order chi connectivity index (χ1) is 12.2. The number of hydrogen-bond donors (Lipinski definition) is 2. The highest BCUT2D eigenvalue weighted by molar-refractivity contribution is 5.93. The Kier molecular flexibility index (Phi) is 4.28. The summed E-state index contributed by atoms with van der Waals surface area (Å²) in [4.78, 5) is 9.07. The summed E-state index contributed by atoms with van der Waals surface area (Å²) in [6.45, 7) is 1.88. The van der Waals surface area contributed by atoms with Crippen molar-refractivity contribution in [3.63, 3.8) is 0 Å². The van der Waals surface area contributed by atoms with Gasteiger partial charge < -0.3 is 10.6 Å². The fraction of sp³-hybridized carbons (Fsp3) is 0.263. The molecule has 1 aliphatic rings. The molecule has 128 valence electrons. The quantitative estimate of drug-likeness (QED) is 0.763. The number of hydrogen-bond acceptors (Lipinski definition) is 4. The van der Waals surface area contributed by atoms with E-state index >= 15 is 0 Å². The maximum Gasteiger partial charge on any atom is 0.224 e. The standard InChI is InChI=1S/C19H18F2N4/c20-15-6-3-5-14(17(15)21)18-13-4-1-2-7-16(13)24-19(25-18)23-12-8-10-22-11-9-12/h1-7,12,22H,8-11H2,(H,23,24,25). The van der Waals surface area contributed by atoms with Crippen LogP contribution in [0.1, 0.15) is 12.8 Å². The Morgan fingerprint density at radius 1 is 0.960 bits per heavy atom. The molecule has 4 rings (SSSR count). The predicted molar refractivity (Wildman–Crippen MR) is 94.4 cm³/mol. The first-order valence-electron chi connectivity index (χ1n) is 8.41. The molecule has 3 aromatic rings. The SMILES string of the molecule is Fc1cccc(-c2nc(NC3CCNCC3)nc3ccccc23)c1F. The van der Waals surface area contributed by atoms with Crippen LogP contribution < -0.4 is 10.6 Å². The minimum absolute atomic E-state index is 0.145. The summed E-state index contributed by atoms with van der Waals surface area (Å²) in [6, 6.07) is 11.8. The zero-order chi connectivity index (χ0) is 17.2. The Balaban J connectivity index is 1.82. The Bertz CT molecular complexity index is 907. The van der Waals surface area contributed by atoms with E-state index in [9.17, 15) is 8.78 Å². The minimum Gasteiger partial charge on any atom is -0.351 e. The van der Waals surface area contributed by atoms with Gasteiger partial charge in [0.2, 0.25) is 5.95 Å². The molecule has 25 heavy (non-hydrogen) atoms. The third-order valence-corrected chi connectivity index (χ3v) is 4.48. The molecule has 0 aliphatic carbocycles. The number of nitrogens with one attached hydrogen (secondary N) is 2. The van der Waals surface area contributed by atoms with Crippen molar-refractivity contribution in [2.24, 2.45) is 0 Å². The molecule has 1 aromatic heterocycles. The molecule has 1 fully saturated rings. The summed E-state index contributed by atoms with van der Waals surface area (Å²) in [6.07, 6.45) is 1.94. The highest BCUT2D eigenvalue weighted by atomic mass is 19.2. The van der Waals surface area contributed by atoms with E-state index < -0.39 is 11.6 Å². The number of halogens is 2. The molecule has 4 nitrogen and oxygen atoms in total. The van der Waals surface area contributed by atoms with Gasteiger partial charge >= 0.3 is 0 Å². The van der Waals surface area contributed by atoms with Gasteiger partial charge in [0.05, 0.1) is 11.2 Å². The van der Waals surface area contributed by atoms with Gasteiger partial charge in [0.25, 0.3) is 0 Å². The van der Waals surface area contributed by atoms with Crippen LogP contribution in [-0.2, 0) is 0 Å². The van der Waals surface area contributed by atoms with Crippen LogP contribution in [0.15, 0.2) is 42.5 Å². The van der Waals surface area contributed by atoms with Crippen molar-refractivity contribution in [1.29, 1.82) is 0 Å². The van der Waals surface area contributed by atoms with E-state index in [0.29, 0.717) is 22.5 Å². The number of aromatic nitrogens is 2. The Morgan fingerprint density at radius 2 is 1.76 bits per heavy atom. The second-order valence-corrected chi connectivity index (χ2v) is 6.18. The topological polar surface area (TPSA) is 49.8 Å². The molecule has 0 radical (unpaired) electrons. The maximum atomic E-state index is 14.3. The van der Waals surface area contributed by atoms with E-state index in [1.165, 1.54) is 6.07 Å². The summed E-state index contributed by atoms with van der Waals surface area (Å²) in [7, 11) is 0. The van der Waals surface area contributed by atoms with Crippen molar-refractivity contribution < 1.29 is 8.78 Å². The van der Waals surface area contributed by atoms with Crippen LogP contribution >= 0.6 is 0 Å². The minimum atomic E-state index is -0.890. The van der Waals surface area contributed by atoms with Gasteiger partial charge in [0.1, 0.15) is 0 Å². The molecule has 2 aromatic carbocycles. The highest BCUT2D eigenvalue weighted by Crippen LogP contribution is 2.30. The molecule has 0 unspecified atom stereocenters. The number of piperidine rings is 1. The number of fused-ring (bicyclic) bond motifs is 1. The third-order valence-electron chi connectivity index (χ3n) is 4.48. The summed E-state index contributed by atoms with van der Waals surface area (Å²) in [5, 5.41) is 7.34. The average Bonchev–Trinajstić information content (AvgIpc) is 2.64. The molecule has 1 saturated heterocycles.